The lowest BCUT2D eigenvalue weighted by atomic mass is 10.0. The molecule has 5 rings (SSSR count). The SMILES string of the molecule is Fc1ccccc1-c1ccncc1CN1C(c2ccco2)=NOC1c1ccccn1. The number of pyridine rings is 2. The number of oxime groups is 1. The van der Waals surface area contributed by atoms with Crippen LogP contribution in [0.25, 0.3) is 11.1 Å². The molecule has 148 valence electrons. The Labute approximate surface area is 172 Å². The lowest BCUT2D eigenvalue weighted by Gasteiger charge is -2.25. The first-order chi connectivity index (χ1) is 14.8. The van der Waals surface area contributed by atoms with Gasteiger partial charge in [0.2, 0.25) is 12.1 Å². The van der Waals surface area contributed by atoms with Gasteiger partial charge in [-0.2, -0.15) is 0 Å². The third-order valence-electron chi connectivity index (χ3n) is 4.88. The van der Waals surface area contributed by atoms with Crippen LogP contribution in [-0.2, 0) is 11.4 Å². The molecule has 0 saturated heterocycles. The van der Waals surface area contributed by atoms with E-state index in [-0.39, 0.29) is 5.82 Å². The fourth-order valence-electron chi connectivity index (χ4n) is 3.49. The number of amidine groups is 1. The molecule has 4 heterocycles. The zero-order chi connectivity index (χ0) is 20.3. The smallest absolute Gasteiger partial charge is 0.244 e. The first-order valence-corrected chi connectivity index (χ1v) is 9.44. The van der Waals surface area contributed by atoms with Crippen molar-refractivity contribution in [1.29, 1.82) is 0 Å². The molecule has 0 spiro atoms. The van der Waals surface area contributed by atoms with E-state index in [2.05, 4.69) is 15.1 Å². The third-order valence-corrected chi connectivity index (χ3v) is 4.88. The number of benzene rings is 1. The Morgan fingerprint density at radius 1 is 0.933 bits per heavy atom. The van der Waals surface area contributed by atoms with Crippen LogP contribution in [0, 0.1) is 5.82 Å². The van der Waals surface area contributed by atoms with Crippen molar-refractivity contribution in [1.82, 2.24) is 14.9 Å². The van der Waals surface area contributed by atoms with E-state index in [4.69, 9.17) is 9.25 Å². The van der Waals surface area contributed by atoms with Crippen LogP contribution in [0.15, 0.2) is 95.1 Å². The summed E-state index contributed by atoms with van der Waals surface area (Å²) in [5.74, 6) is 0.826. The molecule has 0 aliphatic carbocycles. The Balaban J connectivity index is 1.56. The van der Waals surface area contributed by atoms with Gasteiger partial charge in [-0.05, 0) is 47.5 Å². The average Bonchev–Trinajstić information content (AvgIpc) is 3.45. The fourth-order valence-corrected chi connectivity index (χ4v) is 3.49. The number of halogens is 1. The summed E-state index contributed by atoms with van der Waals surface area (Å²) in [4.78, 5) is 16.3. The van der Waals surface area contributed by atoms with Gasteiger partial charge in [0, 0.05) is 24.2 Å². The van der Waals surface area contributed by atoms with E-state index in [9.17, 15) is 4.39 Å². The summed E-state index contributed by atoms with van der Waals surface area (Å²) < 4.78 is 20.1. The molecule has 1 aliphatic rings. The quantitative estimate of drug-likeness (QED) is 0.483. The second kappa shape index (κ2) is 7.79. The van der Waals surface area contributed by atoms with E-state index < -0.39 is 6.23 Å². The molecule has 1 atom stereocenters. The number of furan rings is 1. The number of hydrogen-bond acceptors (Lipinski definition) is 6. The van der Waals surface area contributed by atoms with Crippen molar-refractivity contribution in [2.24, 2.45) is 5.16 Å². The van der Waals surface area contributed by atoms with Crippen LogP contribution in [0.3, 0.4) is 0 Å². The molecular weight excluding hydrogens is 383 g/mol. The van der Waals surface area contributed by atoms with Gasteiger partial charge in [0.1, 0.15) is 11.5 Å². The highest BCUT2D eigenvalue weighted by Crippen LogP contribution is 2.33. The number of nitrogens with zero attached hydrogens (tertiary/aromatic N) is 4. The predicted molar refractivity (Wildman–Crippen MR) is 108 cm³/mol. The zero-order valence-corrected chi connectivity index (χ0v) is 15.9. The lowest BCUT2D eigenvalue weighted by Crippen LogP contribution is -2.31. The van der Waals surface area contributed by atoms with Crippen molar-refractivity contribution in [3.8, 4) is 11.1 Å². The highest BCUT2D eigenvalue weighted by atomic mass is 19.1. The van der Waals surface area contributed by atoms with E-state index in [1.165, 1.54) is 6.07 Å². The monoisotopic (exact) mass is 400 g/mol. The topological polar surface area (TPSA) is 63.8 Å². The van der Waals surface area contributed by atoms with Gasteiger partial charge in [0.05, 0.1) is 12.8 Å². The molecular formula is C23H17FN4O2. The Kier molecular flexibility index (Phi) is 4.69. The maximum atomic E-state index is 14.5. The maximum absolute atomic E-state index is 14.5. The first-order valence-electron chi connectivity index (χ1n) is 9.44. The maximum Gasteiger partial charge on any atom is 0.244 e. The molecule has 1 aromatic carbocycles. The summed E-state index contributed by atoms with van der Waals surface area (Å²) in [6.45, 7) is 0.373. The van der Waals surface area contributed by atoms with Gasteiger partial charge in [-0.15, -0.1) is 0 Å². The van der Waals surface area contributed by atoms with Crippen molar-refractivity contribution in [3.05, 3.63) is 108 Å². The van der Waals surface area contributed by atoms with E-state index in [1.807, 2.05) is 41.3 Å². The second-order valence-corrected chi connectivity index (χ2v) is 6.75. The van der Waals surface area contributed by atoms with Crippen LogP contribution in [0.5, 0.6) is 0 Å². The van der Waals surface area contributed by atoms with Gasteiger partial charge in [-0.3, -0.25) is 9.97 Å². The standard InChI is InChI=1S/C23H17FN4O2/c24-19-7-2-1-6-18(19)17-10-12-25-14-16(17)15-28-22(21-9-5-13-29-21)27-30-23(28)20-8-3-4-11-26-20/h1-14,23H,15H2. The van der Waals surface area contributed by atoms with Crippen LogP contribution in [0.2, 0.25) is 0 Å². The molecule has 30 heavy (non-hydrogen) atoms. The van der Waals surface area contributed by atoms with Crippen LogP contribution < -0.4 is 0 Å². The molecule has 1 unspecified atom stereocenters. The van der Waals surface area contributed by atoms with Gasteiger partial charge >= 0.3 is 0 Å². The normalized spacial score (nSPS) is 15.7. The van der Waals surface area contributed by atoms with Gasteiger partial charge in [-0.1, -0.05) is 29.4 Å². The summed E-state index contributed by atoms with van der Waals surface area (Å²) in [5.41, 5.74) is 2.81. The van der Waals surface area contributed by atoms with Crippen LogP contribution in [0.4, 0.5) is 4.39 Å². The van der Waals surface area contributed by atoms with Crippen LogP contribution in [-0.4, -0.2) is 20.7 Å². The molecule has 0 fully saturated rings. The summed E-state index contributed by atoms with van der Waals surface area (Å²) in [7, 11) is 0. The summed E-state index contributed by atoms with van der Waals surface area (Å²) in [6.07, 6.45) is 6.13. The van der Waals surface area contributed by atoms with Crippen molar-refractivity contribution in [2.45, 2.75) is 12.8 Å². The predicted octanol–water partition coefficient (Wildman–Crippen LogP) is 4.77. The lowest BCUT2D eigenvalue weighted by molar-refractivity contribution is 0.00264. The number of hydrogen-bond donors (Lipinski definition) is 0. The minimum Gasteiger partial charge on any atom is -0.461 e. The summed E-state index contributed by atoms with van der Waals surface area (Å²) in [5, 5.41) is 4.25. The highest BCUT2D eigenvalue weighted by Gasteiger charge is 2.35. The Morgan fingerprint density at radius 3 is 2.63 bits per heavy atom. The minimum absolute atomic E-state index is 0.288. The molecule has 3 aromatic heterocycles. The van der Waals surface area contributed by atoms with E-state index in [1.54, 1.807) is 43.1 Å². The molecule has 4 aromatic rings. The van der Waals surface area contributed by atoms with Gasteiger partial charge < -0.3 is 14.2 Å². The van der Waals surface area contributed by atoms with E-state index in [0.717, 1.165) is 11.1 Å². The van der Waals surface area contributed by atoms with Crippen molar-refractivity contribution < 1.29 is 13.6 Å². The number of rotatable bonds is 5. The van der Waals surface area contributed by atoms with Crippen LogP contribution in [0.1, 0.15) is 23.2 Å². The van der Waals surface area contributed by atoms with Crippen molar-refractivity contribution in [2.75, 3.05) is 0 Å². The van der Waals surface area contributed by atoms with Gasteiger partial charge in [0.15, 0.2) is 5.76 Å². The largest absolute Gasteiger partial charge is 0.461 e. The Hall–Kier alpha value is -4.00. The Morgan fingerprint density at radius 2 is 1.83 bits per heavy atom. The third kappa shape index (κ3) is 3.30. The summed E-state index contributed by atoms with van der Waals surface area (Å²) >= 11 is 0. The number of aromatic nitrogens is 2. The molecule has 0 bridgehead atoms. The molecule has 0 radical (unpaired) electrons. The molecule has 0 saturated carbocycles. The minimum atomic E-state index is -0.542. The van der Waals surface area contributed by atoms with Gasteiger partial charge in [-0.25, -0.2) is 4.39 Å². The second-order valence-electron chi connectivity index (χ2n) is 6.75. The fraction of sp³-hybridized carbons (Fsp3) is 0.0870. The first kappa shape index (κ1) is 18.1. The van der Waals surface area contributed by atoms with Crippen molar-refractivity contribution in [3.63, 3.8) is 0 Å². The molecule has 7 heteroatoms. The zero-order valence-electron chi connectivity index (χ0n) is 15.9. The summed E-state index contributed by atoms with van der Waals surface area (Å²) in [6, 6.07) is 17.7. The Bertz CT molecular complexity index is 1180. The van der Waals surface area contributed by atoms with Crippen molar-refractivity contribution >= 4 is 5.84 Å². The molecule has 6 nitrogen and oxygen atoms in total. The van der Waals surface area contributed by atoms with Gasteiger partial charge in [0.25, 0.3) is 0 Å². The molecule has 1 aliphatic heterocycles. The molecule has 0 N–H and O–H groups in total. The molecule has 0 amide bonds. The highest BCUT2D eigenvalue weighted by molar-refractivity contribution is 5.96. The van der Waals surface area contributed by atoms with Crippen LogP contribution >= 0.6 is 0 Å². The van der Waals surface area contributed by atoms with E-state index >= 15 is 0 Å². The van der Waals surface area contributed by atoms with E-state index in [0.29, 0.717) is 29.4 Å². The average molecular weight is 400 g/mol.